The first-order chi connectivity index (χ1) is 11.2. The largest absolute Gasteiger partial charge is 0.466 e. The summed E-state index contributed by atoms with van der Waals surface area (Å²) in [4.78, 5) is 11.9. The molecule has 0 spiro atoms. The summed E-state index contributed by atoms with van der Waals surface area (Å²) in [6.45, 7) is 2.43. The second kappa shape index (κ2) is 5.87. The summed E-state index contributed by atoms with van der Waals surface area (Å²) in [7, 11) is 0. The molecule has 4 unspecified atom stereocenters. The Hall–Kier alpha value is -1.47. The zero-order valence-corrected chi connectivity index (χ0v) is 12.8. The molecule has 1 aromatic rings. The maximum absolute atomic E-state index is 11.9. The van der Waals surface area contributed by atoms with E-state index in [1.165, 1.54) is 0 Å². The summed E-state index contributed by atoms with van der Waals surface area (Å²) < 4.78 is 22.6. The molecular weight excluding hydrogens is 300 g/mol. The minimum atomic E-state index is -0.747. The first kappa shape index (κ1) is 15.1. The number of aliphatic hydroxyl groups is 1. The second-order valence-electron chi connectivity index (χ2n) is 6.16. The molecule has 2 aliphatic heterocycles. The predicted molar refractivity (Wildman–Crippen MR) is 78.3 cm³/mol. The van der Waals surface area contributed by atoms with Crippen LogP contribution in [0.5, 0.6) is 0 Å². The average Bonchev–Trinajstić information content (AvgIpc) is 3.30. The lowest BCUT2D eigenvalue weighted by Crippen LogP contribution is -2.53. The van der Waals surface area contributed by atoms with Crippen molar-refractivity contribution < 1.29 is 28.8 Å². The normalized spacial score (nSPS) is 41.6. The molecular formula is C17H20O6. The molecule has 23 heavy (non-hydrogen) atoms. The Labute approximate surface area is 134 Å². The number of benzene rings is 1. The minimum Gasteiger partial charge on any atom is -0.466 e. The van der Waals surface area contributed by atoms with Gasteiger partial charge in [-0.1, -0.05) is 30.3 Å². The van der Waals surface area contributed by atoms with E-state index in [4.69, 9.17) is 18.9 Å². The van der Waals surface area contributed by atoms with Crippen LogP contribution in [0.15, 0.2) is 30.3 Å². The smallest absolute Gasteiger partial charge is 0.312 e. The topological polar surface area (TPSA) is 74.2 Å². The van der Waals surface area contributed by atoms with E-state index in [0.717, 1.165) is 5.56 Å². The van der Waals surface area contributed by atoms with E-state index < -0.39 is 24.4 Å². The van der Waals surface area contributed by atoms with Crippen molar-refractivity contribution in [2.24, 2.45) is 11.8 Å². The fourth-order valence-electron chi connectivity index (χ4n) is 3.59. The molecule has 1 aromatic carbocycles. The molecule has 0 bridgehead atoms. The summed E-state index contributed by atoms with van der Waals surface area (Å²) >= 11 is 0. The van der Waals surface area contributed by atoms with Crippen molar-refractivity contribution >= 4 is 5.97 Å². The highest BCUT2D eigenvalue weighted by molar-refractivity contribution is 5.77. The van der Waals surface area contributed by atoms with E-state index in [0.29, 0.717) is 13.2 Å². The van der Waals surface area contributed by atoms with Crippen molar-refractivity contribution in [3.63, 3.8) is 0 Å². The average molecular weight is 320 g/mol. The molecule has 4 rings (SSSR count). The molecule has 0 radical (unpaired) electrons. The SMILES string of the molecule is CCOC(=O)C1C2O[C@@H]3COC(c4ccccc4)O[C@H]3[C@H](O)C21. The Morgan fingerprint density at radius 2 is 2.04 bits per heavy atom. The van der Waals surface area contributed by atoms with Gasteiger partial charge >= 0.3 is 5.97 Å². The van der Waals surface area contributed by atoms with Crippen LogP contribution in [0.25, 0.3) is 0 Å². The molecule has 6 heteroatoms. The second-order valence-corrected chi connectivity index (χ2v) is 6.16. The van der Waals surface area contributed by atoms with E-state index in [2.05, 4.69) is 0 Å². The lowest BCUT2D eigenvalue weighted by molar-refractivity contribution is -0.300. The van der Waals surface area contributed by atoms with Crippen molar-refractivity contribution in [2.75, 3.05) is 13.2 Å². The Morgan fingerprint density at radius 3 is 2.78 bits per heavy atom. The van der Waals surface area contributed by atoms with E-state index in [1.54, 1.807) is 6.92 Å². The van der Waals surface area contributed by atoms with E-state index in [-0.39, 0.29) is 24.1 Å². The maximum Gasteiger partial charge on any atom is 0.312 e. The van der Waals surface area contributed by atoms with Gasteiger partial charge in [0.25, 0.3) is 0 Å². The molecule has 1 N–H and O–H groups in total. The number of hydrogen-bond acceptors (Lipinski definition) is 6. The van der Waals surface area contributed by atoms with Crippen molar-refractivity contribution in [3.8, 4) is 0 Å². The molecule has 2 saturated heterocycles. The lowest BCUT2D eigenvalue weighted by Gasteiger charge is -2.41. The fraction of sp³-hybridized carbons (Fsp3) is 0.588. The van der Waals surface area contributed by atoms with E-state index >= 15 is 0 Å². The van der Waals surface area contributed by atoms with Crippen LogP contribution in [0.1, 0.15) is 18.8 Å². The Morgan fingerprint density at radius 1 is 1.26 bits per heavy atom. The van der Waals surface area contributed by atoms with Gasteiger partial charge in [0.1, 0.15) is 12.2 Å². The summed E-state index contributed by atoms with van der Waals surface area (Å²) in [5, 5.41) is 10.6. The predicted octanol–water partition coefficient (Wildman–Crippen LogP) is 1.04. The molecule has 1 saturated carbocycles. The Kier molecular flexibility index (Phi) is 3.85. The quantitative estimate of drug-likeness (QED) is 0.839. The number of rotatable bonds is 3. The first-order valence-corrected chi connectivity index (χ1v) is 8.03. The molecule has 124 valence electrons. The highest BCUT2D eigenvalue weighted by atomic mass is 16.7. The summed E-state index contributed by atoms with van der Waals surface area (Å²) in [5.74, 6) is -0.945. The third-order valence-electron chi connectivity index (χ3n) is 4.76. The molecule has 3 aliphatic rings. The Bertz CT molecular complexity index is 576. The van der Waals surface area contributed by atoms with Crippen LogP contribution in [0.4, 0.5) is 0 Å². The van der Waals surface area contributed by atoms with Gasteiger partial charge in [0, 0.05) is 11.5 Å². The number of ether oxygens (including phenoxy) is 4. The summed E-state index contributed by atoms with van der Waals surface area (Å²) in [6.07, 6.45) is -2.40. The van der Waals surface area contributed by atoms with Crippen LogP contribution in [-0.4, -0.2) is 48.7 Å². The van der Waals surface area contributed by atoms with Crippen molar-refractivity contribution in [2.45, 2.75) is 37.6 Å². The van der Waals surface area contributed by atoms with Crippen LogP contribution in [0, 0.1) is 11.8 Å². The molecule has 0 amide bonds. The maximum atomic E-state index is 11.9. The van der Waals surface area contributed by atoms with Crippen LogP contribution in [-0.2, 0) is 23.7 Å². The minimum absolute atomic E-state index is 0.246. The number of esters is 1. The number of hydrogen-bond donors (Lipinski definition) is 1. The highest BCUT2D eigenvalue weighted by Crippen LogP contribution is 2.52. The van der Waals surface area contributed by atoms with Gasteiger partial charge in [-0.2, -0.15) is 0 Å². The molecule has 3 fully saturated rings. The van der Waals surface area contributed by atoms with Gasteiger partial charge < -0.3 is 24.1 Å². The molecule has 6 nitrogen and oxygen atoms in total. The highest BCUT2D eigenvalue weighted by Gasteiger charge is 2.67. The monoisotopic (exact) mass is 320 g/mol. The van der Waals surface area contributed by atoms with Crippen molar-refractivity contribution in [1.29, 1.82) is 0 Å². The van der Waals surface area contributed by atoms with Crippen LogP contribution in [0.3, 0.4) is 0 Å². The number of carbonyl (C=O) groups excluding carboxylic acids is 1. The van der Waals surface area contributed by atoms with Crippen LogP contribution in [0.2, 0.25) is 0 Å². The van der Waals surface area contributed by atoms with Crippen LogP contribution < -0.4 is 0 Å². The van der Waals surface area contributed by atoms with E-state index in [1.807, 2.05) is 30.3 Å². The molecule has 1 aliphatic carbocycles. The van der Waals surface area contributed by atoms with Crippen molar-refractivity contribution in [3.05, 3.63) is 35.9 Å². The van der Waals surface area contributed by atoms with Gasteiger partial charge in [0.2, 0.25) is 0 Å². The lowest BCUT2D eigenvalue weighted by atomic mass is 9.99. The van der Waals surface area contributed by atoms with Gasteiger partial charge in [0.15, 0.2) is 6.29 Å². The van der Waals surface area contributed by atoms with Gasteiger partial charge in [-0.15, -0.1) is 0 Å². The van der Waals surface area contributed by atoms with Gasteiger partial charge in [-0.25, -0.2) is 0 Å². The zero-order valence-electron chi connectivity index (χ0n) is 12.8. The molecule has 7 atom stereocenters. The molecule has 0 aromatic heterocycles. The summed E-state index contributed by atoms with van der Waals surface area (Å²) in [6, 6.07) is 9.59. The van der Waals surface area contributed by atoms with Gasteiger partial charge in [-0.05, 0) is 6.92 Å². The van der Waals surface area contributed by atoms with E-state index in [9.17, 15) is 9.90 Å². The zero-order chi connectivity index (χ0) is 16.0. The first-order valence-electron chi connectivity index (χ1n) is 8.03. The number of aliphatic hydroxyl groups excluding tert-OH is 1. The van der Waals surface area contributed by atoms with Crippen molar-refractivity contribution in [1.82, 2.24) is 0 Å². The summed E-state index contributed by atoms with van der Waals surface area (Å²) in [5.41, 5.74) is 0.901. The van der Waals surface area contributed by atoms with Crippen LogP contribution >= 0.6 is 0 Å². The number of fused-ring (bicyclic) bond motifs is 2. The third kappa shape index (κ3) is 2.55. The number of carbonyl (C=O) groups is 1. The Balaban J connectivity index is 1.47. The standard InChI is InChI=1S/C17H20O6/c1-2-20-16(19)12-11-13(18)14-10(22-15(11)12)8-21-17(23-14)9-6-4-3-5-7-9/h3-7,10-15,17-18H,2,8H2,1H3/t10-,11?,12?,13-,14-,15?,17?/m1/s1. The molecule has 2 heterocycles. The fourth-order valence-corrected chi connectivity index (χ4v) is 3.59. The van der Waals surface area contributed by atoms with Gasteiger partial charge in [0.05, 0.1) is 31.3 Å². The van der Waals surface area contributed by atoms with Gasteiger partial charge in [-0.3, -0.25) is 4.79 Å². The third-order valence-corrected chi connectivity index (χ3v) is 4.76.